The third-order valence-electron chi connectivity index (χ3n) is 6.36. The second kappa shape index (κ2) is 8.79. The van der Waals surface area contributed by atoms with Crippen LogP contribution in [0.5, 0.6) is 0 Å². The van der Waals surface area contributed by atoms with Gasteiger partial charge in [0.15, 0.2) is 15.5 Å². The van der Waals surface area contributed by atoms with Gasteiger partial charge in [0.1, 0.15) is 12.1 Å². The molecule has 1 aliphatic heterocycles. The monoisotopic (exact) mass is 532 g/mol. The van der Waals surface area contributed by atoms with Crippen molar-refractivity contribution in [2.75, 3.05) is 0 Å². The first kappa shape index (κ1) is 23.3. The molecule has 5 aromatic rings. The van der Waals surface area contributed by atoms with Crippen molar-refractivity contribution in [2.45, 2.75) is 16.7 Å². The van der Waals surface area contributed by atoms with Crippen LogP contribution in [0.15, 0.2) is 90.2 Å². The molecule has 0 unspecified atom stereocenters. The zero-order valence-corrected chi connectivity index (χ0v) is 20.7. The number of aromatic nitrogens is 3. The van der Waals surface area contributed by atoms with Gasteiger partial charge in [0.25, 0.3) is 5.91 Å². The highest BCUT2D eigenvalue weighted by Gasteiger charge is 2.37. The van der Waals surface area contributed by atoms with Crippen molar-refractivity contribution in [3.05, 3.63) is 118 Å². The van der Waals surface area contributed by atoms with Gasteiger partial charge in [-0.15, -0.1) is 0 Å². The maximum Gasteiger partial charge on any atom is 0.252 e. The summed E-state index contributed by atoms with van der Waals surface area (Å²) in [6, 6.07) is 18.4. The molecule has 0 aliphatic carbocycles. The third-order valence-corrected chi connectivity index (χ3v) is 8.43. The predicted octanol–water partition coefficient (Wildman–Crippen LogP) is 5.00. The molecule has 1 aliphatic rings. The molecule has 10 heteroatoms. The molecular weight excluding hydrogens is 515 g/mol. The number of sulfone groups is 1. The number of rotatable bonds is 5. The first-order valence-corrected chi connectivity index (χ1v) is 13.3. The number of pyridine rings is 1. The molecule has 3 heterocycles. The van der Waals surface area contributed by atoms with E-state index in [1.807, 2.05) is 0 Å². The molecule has 6 rings (SSSR count). The summed E-state index contributed by atoms with van der Waals surface area (Å²) in [5, 5.41) is 7.16. The van der Waals surface area contributed by atoms with Crippen molar-refractivity contribution in [2.24, 2.45) is 0 Å². The fraction of sp³-hybridized carbons (Fsp3) is 0.0741. The number of nitrogens with one attached hydrogen (secondary N) is 1. The second-order valence-corrected chi connectivity index (χ2v) is 11.1. The largest absolute Gasteiger partial charge is 0.341 e. The lowest BCUT2D eigenvalue weighted by molar-refractivity contribution is 0.0960. The summed E-state index contributed by atoms with van der Waals surface area (Å²) in [4.78, 5) is 17.3. The number of halogens is 2. The average molecular weight is 533 g/mol. The zero-order valence-electron chi connectivity index (χ0n) is 19.1. The summed E-state index contributed by atoms with van der Waals surface area (Å²) < 4.78 is 43.5. The van der Waals surface area contributed by atoms with Gasteiger partial charge in [-0.05, 0) is 53.6 Å². The van der Waals surface area contributed by atoms with Gasteiger partial charge in [-0.1, -0.05) is 41.9 Å². The van der Waals surface area contributed by atoms with Gasteiger partial charge in [-0.2, -0.15) is 5.10 Å². The summed E-state index contributed by atoms with van der Waals surface area (Å²) in [6.45, 7) is 0. The summed E-state index contributed by atoms with van der Waals surface area (Å²) in [5.74, 6) is -1.29. The van der Waals surface area contributed by atoms with Crippen molar-refractivity contribution in [3.8, 4) is 11.1 Å². The highest BCUT2D eigenvalue weighted by atomic mass is 35.5. The van der Waals surface area contributed by atoms with Crippen LogP contribution in [0.3, 0.4) is 0 Å². The summed E-state index contributed by atoms with van der Waals surface area (Å²) >= 11 is 6.38. The van der Waals surface area contributed by atoms with Crippen molar-refractivity contribution in [1.82, 2.24) is 19.9 Å². The van der Waals surface area contributed by atoms with E-state index in [1.54, 1.807) is 65.3 Å². The molecule has 0 saturated carbocycles. The van der Waals surface area contributed by atoms with Gasteiger partial charge < -0.3 is 5.32 Å². The molecule has 1 atom stereocenters. The first-order valence-electron chi connectivity index (χ1n) is 11.3. The maximum absolute atomic E-state index is 14.2. The van der Waals surface area contributed by atoms with Crippen LogP contribution in [0.4, 0.5) is 4.39 Å². The van der Waals surface area contributed by atoms with Crippen molar-refractivity contribution >= 4 is 33.0 Å². The Kier molecular flexibility index (Phi) is 5.54. The Hall–Kier alpha value is -4.08. The Morgan fingerprint density at radius 2 is 1.81 bits per heavy atom. The molecule has 3 aromatic carbocycles. The smallest absolute Gasteiger partial charge is 0.252 e. The molecule has 0 radical (unpaired) electrons. The van der Waals surface area contributed by atoms with Crippen LogP contribution in [0.1, 0.15) is 33.1 Å². The molecular formula is C27H18ClFN4O3S. The highest BCUT2D eigenvalue weighted by molar-refractivity contribution is 7.90. The minimum Gasteiger partial charge on any atom is -0.341 e. The van der Waals surface area contributed by atoms with Gasteiger partial charge in [0.2, 0.25) is 0 Å². The Morgan fingerprint density at radius 3 is 2.62 bits per heavy atom. The van der Waals surface area contributed by atoms with Crippen LogP contribution in [-0.4, -0.2) is 28.9 Å². The zero-order chi connectivity index (χ0) is 25.7. The minimum atomic E-state index is -3.95. The van der Waals surface area contributed by atoms with E-state index in [-0.39, 0.29) is 32.4 Å². The molecule has 184 valence electrons. The quantitative estimate of drug-likeness (QED) is 0.344. The Bertz CT molecular complexity index is 1810. The predicted molar refractivity (Wildman–Crippen MR) is 136 cm³/mol. The van der Waals surface area contributed by atoms with E-state index in [9.17, 15) is 17.6 Å². The molecule has 1 N–H and O–H groups in total. The number of carbonyl (C=O) groups is 1. The van der Waals surface area contributed by atoms with E-state index in [0.717, 1.165) is 0 Å². The standard InChI is InChI=1S/C27H18ClFN4O3S/c28-22-8-7-19(29)12-20(22)26-25-21(27(34)32-26)10-18(17-6-9-24-30-15-31-33(24)13-17)11-23(25)37(35,36)14-16-4-2-1-3-5-16/h1-13,15,26H,14H2,(H,32,34)/t26-/m0/s1. The molecule has 0 saturated heterocycles. The molecule has 37 heavy (non-hydrogen) atoms. The Labute approximate surface area is 216 Å². The van der Waals surface area contributed by atoms with Crippen LogP contribution in [0.25, 0.3) is 16.8 Å². The van der Waals surface area contributed by atoms with Gasteiger partial charge in [-0.3, -0.25) is 4.79 Å². The lowest BCUT2D eigenvalue weighted by atomic mass is 9.95. The average Bonchev–Trinajstić information content (AvgIpc) is 3.49. The highest BCUT2D eigenvalue weighted by Crippen LogP contribution is 2.41. The van der Waals surface area contributed by atoms with E-state index in [0.29, 0.717) is 22.3 Å². The third kappa shape index (κ3) is 4.16. The van der Waals surface area contributed by atoms with Crippen LogP contribution in [-0.2, 0) is 15.6 Å². The summed E-state index contributed by atoms with van der Waals surface area (Å²) in [5.41, 5.74) is 3.11. The van der Waals surface area contributed by atoms with E-state index >= 15 is 0 Å². The molecule has 0 bridgehead atoms. The molecule has 2 aromatic heterocycles. The minimum absolute atomic E-state index is 0.0220. The van der Waals surface area contributed by atoms with E-state index < -0.39 is 27.6 Å². The van der Waals surface area contributed by atoms with Crippen LogP contribution < -0.4 is 5.32 Å². The van der Waals surface area contributed by atoms with Crippen molar-refractivity contribution < 1.29 is 17.6 Å². The summed E-state index contributed by atoms with van der Waals surface area (Å²) in [6.07, 6.45) is 3.13. The lowest BCUT2D eigenvalue weighted by Crippen LogP contribution is -2.21. The van der Waals surface area contributed by atoms with Gasteiger partial charge in [-0.25, -0.2) is 22.3 Å². The fourth-order valence-corrected chi connectivity index (χ4v) is 6.53. The fourth-order valence-electron chi connectivity index (χ4n) is 4.65. The Morgan fingerprint density at radius 1 is 1.00 bits per heavy atom. The van der Waals surface area contributed by atoms with E-state index in [1.165, 1.54) is 24.5 Å². The van der Waals surface area contributed by atoms with Crippen LogP contribution in [0, 0.1) is 5.82 Å². The van der Waals surface area contributed by atoms with Gasteiger partial charge in [0.05, 0.1) is 16.7 Å². The second-order valence-electron chi connectivity index (χ2n) is 8.73. The number of benzene rings is 3. The molecule has 0 spiro atoms. The molecule has 1 amide bonds. The van der Waals surface area contributed by atoms with Gasteiger partial charge in [0, 0.05) is 33.5 Å². The normalized spacial score (nSPS) is 15.1. The molecule has 7 nitrogen and oxygen atoms in total. The number of fused-ring (bicyclic) bond motifs is 2. The SMILES string of the molecule is O=C1N[C@@H](c2cc(F)ccc2Cl)c2c1cc(-c1ccc3ncnn3c1)cc2S(=O)(=O)Cc1ccccc1. The number of hydrogen-bond donors (Lipinski definition) is 1. The number of carbonyl (C=O) groups excluding carboxylic acids is 1. The number of amides is 1. The number of hydrogen-bond acceptors (Lipinski definition) is 5. The maximum atomic E-state index is 14.2. The molecule has 0 fully saturated rings. The number of nitrogens with zero attached hydrogens (tertiary/aromatic N) is 3. The Balaban J connectivity index is 1.59. The lowest BCUT2D eigenvalue weighted by Gasteiger charge is -2.19. The van der Waals surface area contributed by atoms with Crippen molar-refractivity contribution in [1.29, 1.82) is 0 Å². The van der Waals surface area contributed by atoms with Crippen LogP contribution in [0.2, 0.25) is 5.02 Å². The van der Waals surface area contributed by atoms with Crippen LogP contribution >= 0.6 is 11.6 Å². The van der Waals surface area contributed by atoms with E-state index in [2.05, 4.69) is 15.4 Å². The summed E-state index contributed by atoms with van der Waals surface area (Å²) in [7, 11) is -3.95. The van der Waals surface area contributed by atoms with Gasteiger partial charge >= 0.3 is 0 Å². The topological polar surface area (TPSA) is 93.4 Å². The van der Waals surface area contributed by atoms with Crippen molar-refractivity contribution in [3.63, 3.8) is 0 Å². The van der Waals surface area contributed by atoms with E-state index in [4.69, 9.17) is 11.6 Å². The first-order chi connectivity index (χ1) is 17.8.